The lowest BCUT2D eigenvalue weighted by Crippen LogP contribution is -2.23. The summed E-state index contributed by atoms with van der Waals surface area (Å²) in [6.45, 7) is 9.09. The van der Waals surface area contributed by atoms with Crippen LogP contribution < -0.4 is 0 Å². The molecule has 2 aromatic rings. The van der Waals surface area contributed by atoms with Crippen LogP contribution in [0.2, 0.25) is 0 Å². The van der Waals surface area contributed by atoms with Crippen LogP contribution in [0.3, 0.4) is 0 Å². The molecule has 0 aromatic carbocycles. The van der Waals surface area contributed by atoms with E-state index in [1.807, 2.05) is 20.8 Å². The van der Waals surface area contributed by atoms with Crippen molar-refractivity contribution in [3.8, 4) is 0 Å². The van der Waals surface area contributed by atoms with Gasteiger partial charge in [0.1, 0.15) is 10.5 Å². The molecule has 0 saturated carbocycles. The largest absolute Gasteiger partial charge is 0.459 e. The maximum absolute atomic E-state index is 12.2. The summed E-state index contributed by atoms with van der Waals surface area (Å²) < 4.78 is 11.5. The molecule has 0 bridgehead atoms. The molecule has 4 nitrogen and oxygen atoms in total. The average molecular weight is 326 g/mol. The Morgan fingerprint density at radius 3 is 2.43 bits per heavy atom. The van der Waals surface area contributed by atoms with E-state index in [2.05, 4.69) is 0 Å². The molecule has 0 aliphatic rings. The maximum atomic E-state index is 12.2. The fraction of sp³-hybridized carbons (Fsp3) is 0.467. The van der Waals surface area contributed by atoms with Crippen molar-refractivity contribution in [2.24, 2.45) is 0 Å². The molecule has 0 saturated heterocycles. The molecule has 0 aliphatic carbocycles. The fourth-order valence-electron chi connectivity index (χ4n) is 1.69. The first kappa shape index (κ1) is 16.0. The van der Waals surface area contributed by atoms with E-state index in [0.29, 0.717) is 10.4 Å². The molecule has 0 N–H and O–H groups in total. The molecule has 0 spiro atoms. The zero-order chi connectivity index (χ0) is 15.8. The monoisotopic (exact) mass is 326 g/mol. The predicted octanol–water partition coefficient (Wildman–Crippen LogP) is 4.48. The highest BCUT2D eigenvalue weighted by Gasteiger charge is 2.23. The van der Waals surface area contributed by atoms with Gasteiger partial charge in [-0.2, -0.15) is 0 Å². The minimum Gasteiger partial charge on any atom is -0.459 e. The van der Waals surface area contributed by atoms with E-state index in [-0.39, 0.29) is 18.0 Å². The van der Waals surface area contributed by atoms with Crippen molar-refractivity contribution in [2.75, 3.05) is 0 Å². The summed E-state index contributed by atoms with van der Waals surface area (Å²) in [6.07, 6.45) is -0.164. The van der Waals surface area contributed by atoms with Crippen molar-refractivity contribution < 1.29 is 19.1 Å². The summed E-state index contributed by atoms with van der Waals surface area (Å²) in [4.78, 5) is 24.6. The second-order valence-corrected chi connectivity index (χ2v) is 8.11. The van der Waals surface area contributed by atoms with E-state index in [1.165, 1.54) is 22.7 Å². The molecule has 6 heteroatoms. The van der Waals surface area contributed by atoms with Gasteiger partial charge in [-0.05, 0) is 40.7 Å². The molecule has 0 fully saturated rings. The molecule has 2 heterocycles. The van der Waals surface area contributed by atoms with Crippen LogP contribution in [0.15, 0.2) is 11.4 Å². The first-order valence-electron chi connectivity index (χ1n) is 6.63. The Labute approximate surface area is 131 Å². The lowest BCUT2D eigenvalue weighted by Gasteiger charge is -2.19. The Hall–Kier alpha value is -1.40. The van der Waals surface area contributed by atoms with Crippen LogP contribution in [-0.2, 0) is 9.47 Å². The molecule has 2 rings (SSSR count). The van der Waals surface area contributed by atoms with Gasteiger partial charge in [0.15, 0.2) is 0 Å². The van der Waals surface area contributed by atoms with Crippen molar-refractivity contribution in [2.45, 2.75) is 46.3 Å². The number of ether oxygens (including phenoxy) is 2. The Bertz CT molecular complexity index is 673. The van der Waals surface area contributed by atoms with E-state index >= 15 is 0 Å². The Morgan fingerprint density at radius 1 is 1.19 bits per heavy atom. The minimum absolute atomic E-state index is 0.164. The van der Waals surface area contributed by atoms with Gasteiger partial charge < -0.3 is 9.47 Å². The lowest BCUT2D eigenvalue weighted by molar-refractivity contribution is 0.00718. The van der Waals surface area contributed by atoms with Gasteiger partial charge in [-0.15, -0.1) is 22.7 Å². The van der Waals surface area contributed by atoms with Crippen molar-refractivity contribution in [1.29, 1.82) is 0 Å². The maximum Gasteiger partial charge on any atom is 0.348 e. The van der Waals surface area contributed by atoms with Crippen molar-refractivity contribution >= 4 is 44.0 Å². The Balaban J connectivity index is 2.29. The van der Waals surface area contributed by atoms with Crippen molar-refractivity contribution in [3.63, 3.8) is 0 Å². The molecular weight excluding hydrogens is 308 g/mol. The lowest BCUT2D eigenvalue weighted by atomic mass is 10.2. The van der Waals surface area contributed by atoms with E-state index in [1.54, 1.807) is 25.3 Å². The molecule has 0 radical (unpaired) electrons. The smallest absolute Gasteiger partial charge is 0.348 e. The van der Waals surface area contributed by atoms with Crippen LogP contribution in [0.1, 0.15) is 54.6 Å². The van der Waals surface area contributed by atoms with Gasteiger partial charge >= 0.3 is 11.9 Å². The van der Waals surface area contributed by atoms with Crippen LogP contribution in [0.4, 0.5) is 0 Å². The Kier molecular flexibility index (Phi) is 4.39. The van der Waals surface area contributed by atoms with Gasteiger partial charge in [-0.25, -0.2) is 9.59 Å². The second-order valence-electron chi connectivity index (χ2n) is 5.92. The Morgan fingerprint density at radius 2 is 1.86 bits per heavy atom. The number of thiophene rings is 2. The minimum atomic E-state index is -0.541. The van der Waals surface area contributed by atoms with Crippen LogP contribution in [0, 0.1) is 0 Å². The van der Waals surface area contributed by atoms with E-state index < -0.39 is 5.60 Å². The summed E-state index contributed by atoms with van der Waals surface area (Å²) in [5.41, 5.74) is -0.0365. The summed E-state index contributed by atoms with van der Waals surface area (Å²) in [5.74, 6) is -0.719. The molecule has 2 aromatic heterocycles. The van der Waals surface area contributed by atoms with E-state index in [9.17, 15) is 9.59 Å². The third-order valence-electron chi connectivity index (χ3n) is 2.43. The summed E-state index contributed by atoms with van der Waals surface area (Å²) in [6, 6.07) is 1.71. The summed E-state index contributed by atoms with van der Waals surface area (Å²) in [5, 5.41) is 2.53. The van der Waals surface area contributed by atoms with E-state index in [0.717, 1.165) is 9.40 Å². The highest BCUT2D eigenvalue weighted by Crippen LogP contribution is 2.35. The zero-order valence-corrected chi connectivity index (χ0v) is 14.3. The SMILES string of the molecule is CC(C)OC(=O)c1cc2c(C(=O)OC(C)(C)C)csc2s1. The molecule has 114 valence electrons. The third kappa shape index (κ3) is 3.83. The zero-order valence-electron chi connectivity index (χ0n) is 12.7. The average Bonchev–Trinajstić information content (AvgIpc) is 2.83. The number of carbonyl (C=O) groups excluding carboxylic acids is 2. The van der Waals surface area contributed by atoms with Crippen molar-refractivity contribution in [1.82, 2.24) is 0 Å². The second kappa shape index (κ2) is 5.77. The van der Waals surface area contributed by atoms with Gasteiger partial charge in [-0.3, -0.25) is 0 Å². The first-order valence-corrected chi connectivity index (χ1v) is 8.32. The van der Waals surface area contributed by atoms with Crippen LogP contribution in [-0.4, -0.2) is 23.6 Å². The highest BCUT2D eigenvalue weighted by molar-refractivity contribution is 7.38. The first-order chi connectivity index (χ1) is 9.67. The van der Waals surface area contributed by atoms with E-state index in [4.69, 9.17) is 9.47 Å². The van der Waals surface area contributed by atoms with Gasteiger partial charge in [0.25, 0.3) is 0 Å². The number of esters is 2. The molecular formula is C15H18O4S2. The molecule has 0 amide bonds. The molecule has 0 unspecified atom stereocenters. The number of rotatable bonds is 3. The summed E-state index contributed by atoms with van der Waals surface area (Å²) in [7, 11) is 0. The van der Waals surface area contributed by atoms with Gasteiger partial charge in [-0.1, -0.05) is 0 Å². The standard InChI is InChI=1S/C15H18O4S2/c1-8(2)18-13(17)11-6-9-10(7-20-14(9)21-11)12(16)19-15(3,4)5/h6-8H,1-5H3. The number of hydrogen-bond donors (Lipinski definition) is 0. The number of fused-ring (bicyclic) bond motifs is 1. The van der Waals surface area contributed by atoms with Crippen LogP contribution in [0.5, 0.6) is 0 Å². The van der Waals surface area contributed by atoms with Gasteiger partial charge in [0, 0.05) is 10.8 Å². The quantitative estimate of drug-likeness (QED) is 0.780. The number of carbonyl (C=O) groups is 2. The molecule has 0 atom stereocenters. The number of hydrogen-bond acceptors (Lipinski definition) is 6. The topological polar surface area (TPSA) is 52.6 Å². The van der Waals surface area contributed by atoms with Crippen LogP contribution >= 0.6 is 22.7 Å². The van der Waals surface area contributed by atoms with Gasteiger partial charge in [0.2, 0.25) is 0 Å². The third-order valence-corrected chi connectivity index (χ3v) is 4.67. The highest BCUT2D eigenvalue weighted by atomic mass is 32.2. The van der Waals surface area contributed by atoms with Crippen molar-refractivity contribution in [3.05, 3.63) is 21.9 Å². The van der Waals surface area contributed by atoms with Crippen LogP contribution in [0.25, 0.3) is 9.40 Å². The molecule has 21 heavy (non-hydrogen) atoms. The fourth-order valence-corrected chi connectivity index (χ4v) is 3.83. The predicted molar refractivity (Wildman–Crippen MR) is 85.4 cm³/mol. The van der Waals surface area contributed by atoms with Gasteiger partial charge in [0.05, 0.1) is 15.7 Å². The normalized spacial score (nSPS) is 11.9. The summed E-state index contributed by atoms with van der Waals surface area (Å²) >= 11 is 2.78. The molecule has 0 aliphatic heterocycles.